The second-order valence-electron chi connectivity index (χ2n) is 14.5. The van der Waals surface area contributed by atoms with E-state index in [1.54, 1.807) is 13.2 Å². The maximum Gasteiger partial charge on any atom is 0.306 e. The van der Waals surface area contributed by atoms with Crippen molar-refractivity contribution >= 4 is 33.1 Å². The van der Waals surface area contributed by atoms with Crippen molar-refractivity contribution in [2.45, 2.75) is 81.8 Å². The fourth-order valence-corrected chi connectivity index (χ4v) is 9.23. The predicted molar refractivity (Wildman–Crippen MR) is 180 cm³/mol. The molecule has 5 aliphatic rings. The van der Waals surface area contributed by atoms with E-state index in [0.717, 1.165) is 31.2 Å². The molecule has 7 atom stereocenters. The van der Waals surface area contributed by atoms with Crippen molar-refractivity contribution < 1.29 is 41.7 Å². The topological polar surface area (TPSA) is 150 Å². The molecular weight excluding hydrogens is 650 g/mol. The lowest BCUT2D eigenvalue weighted by Crippen LogP contribution is -2.44. The highest BCUT2D eigenvalue weighted by Gasteiger charge is 2.52. The molecule has 2 N–H and O–H groups in total. The van der Waals surface area contributed by atoms with Crippen LogP contribution in [0, 0.1) is 29.6 Å². The molecule has 0 amide bonds. The van der Waals surface area contributed by atoms with Gasteiger partial charge in [-0.1, -0.05) is 26.0 Å². The number of oxazole rings is 1. The van der Waals surface area contributed by atoms with Gasteiger partial charge in [-0.25, -0.2) is 8.42 Å². The van der Waals surface area contributed by atoms with Crippen LogP contribution in [0.2, 0.25) is 0 Å². The van der Waals surface area contributed by atoms with E-state index in [-0.39, 0.29) is 60.5 Å². The number of carbonyl (C=O) groups is 1. The lowest BCUT2D eigenvalue weighted by molar-refractivity contribution is -0.165. The summed E-state index contributed by atoms with van der Waals surface area (Å²) in [6, 6.07) is 12.8. The number of benzene rings is 2. The second-order valence-corrected chi connectivity index (χ2v) is 16.5. The number of aromatic nitrogens is 1. The summed E-state index contributed by atoms with van der Waals surface area (Å²) in [6.07, 6.45) is 2.52. The van der Waals surface area contributed by atoms with Crippen molar-refractivity contribution in [3.05, 3.63) is 48.0 Å². The molecule has 2 aromatic carbocycles. The van der Waals surface area contributed by atoms with Crippen LogP contribution in [0.3, 0.4) is 0 Å². The van der Waals surface area contributed by atoms with Gasteiger partial charge >= 0.3 is 5.97 Å². The average Bonchev–Trinajstić information content (AvgIpc) is 3.73. The molecule has 13 heteroatoms. The second kappa shape index (κ2) is 14.2. The number of esters is 1. The van der Waals surface area contributed by atoms with Gasteiger partial charge in [0, 0.05) is 48.9 Å². The first-order valence-electron chi connectivity index (χ1n) is 17.5. The average molecular weight is 698 g/mol. The number of nitrogens with one attached hydrogen (secondary N) is 1. The number of sulfonamides is 1. The molecule has 4 heterocycles. The molecule has 2 saturated carbocycles. The summed E-state index contributed by atoms with van der Waals surface area (Å²) < 4.78 is 58.9. The molecule has 12 nitrogen and oxygen atoms in total. The molecule has 3 aliphatic heterocycles. The highest BCUT2D eigenvalue weighted by atomic mass is 32.2. The molecule has 5 fully saturated rings. The first-order chi connectivity index (χ1) is 23.6. The van der Waals surface area contributed by atoms with Crippen molar-refractivity contribution in [3.8, 4) is 5.75 Å². The standard InChI is InChI=1S/C36H47N3O9S/c1-21(2)17-39(49(42,43)27-10-12-30-32(16-27)47-36(38-30)37-25-8-9-25)18-31(40)24(13-22-5-4-6-26(14-22)44-3)15-33(41)48-34-23-7-11-28-29(34)20-46-35(28)45-19-23/h4-6,10,12,14,16,21,23-25,28-29,31,34-35,40H,7-9,11,13,15,17-20H2,1-3H3,(H,37,38)/t23?,24-,28?,29?,31-,34?,35?/m1/s1. The number of aliphatic hydroxyl groups excluding tert-OH is 1. The molecule has 2 aliphatic carbocycles. The SMILES string of the molecule is COc1cccc(C[C@H](CC(=O)OC2C3CCC4C(OC3)OCC42)[C@H](O)CN(CC(C)C)S(=O)(=O)c2ccc3nc(NC4CC4)oc3c2)c1. The van der Waals surface area contributed by atoms with E-state index in [9.17, 15) is 18.3 Å². The number of anilines is 1. The molecule has 3 aromatic rings. The Morgan fingerprint density at radius 1 is 1.06 bits per heavy atom. The minimum absolute atomic E-state index is 0.0301. The summed E-state index contributed by atoms with van der Waals surface area (Å²) in [4.78, 5) is 18.2. The van der Waals surface area contributed by atoms with Crippen molar-refractivity contribution in [2.75, 3.05) is 38.7 Å². The third-order valence-electron chi connectivity index (χ3n) is 10.3. The smallest absolute Gasteiger partial charge is 0.306 e. The third-order valence-corrected chi connectivity index (χ3v) is 12.1. The Morgan fingerprint density at radius 3 is 2.65 bits per heavy atom. The van der Waals surface area contributed by atoms with Gasteiger partial charge in [-0.2, -0.15) is 9.29 Å². The highest BCUT2D eigenvalue weighted by Crippen LogP contribution is 2.47. The Bertz CT molecular complexity index is 1740. The zero-order valence-electron chi connectivity index (χ0n) is 28.3. The van der Waals surface area contributed by atoms with Gasteiger partial charge in [0.05, 0.1) is 37.7 Å². The third kappa shape index (κ3) is 7.61. The lowest BCUT2D eigenvalue weighted by Gasteiger charge is -2.36. The molecule has 0 spiro atoms. The first-order valence-corrected chi connectivity index (χ1v) is 18.9. The van der Waals surface area contributed by atoms with Gasteiger partial charge in [-0.05, 0) is 67.9 Å². The maximum absolute atomic E-state index is 14.2. The molecule has 5 unspecified atom stereocenters. The summed E-state index contributed by atoms with van der Waals surface area (Å²) >= 11 is 0. The van der Waals surface area contributed by atoms with Gasteiger partial charge in [-0.3, -0.25) is 4.79 Å². The molecule has 4 bridgehead atoms. The monoisotopic (exact) mass is 697 g/mol. The van der Waals surface area contributed by atoms with E-state index in [4.69, 9.17) is 23.4 Å². The maximum atomic E-state index is 14.2. The van der Waals surface area contributed by atoms with Crippen LogP contribution in [0.4, 0.5) is 6.01 Å². The van der Waals surface area contributed by atoms with Crippen molar-refractivity contribution in [1.29, 1.82) is 0 Å². The fourth-order valence-electron chi connectivity index (χ4n) is 7.59. The molecule has 266 valence electrons. The minimum Gasteiger partial charge on any atom is -0.497 e. The number of rotatable bonds is 15. The molecule has 3 saturated heterocycles. The summed E-state index contributed by atoms with van der Waals surface area (Å²) in [7, 11) is -2.48. The molecule has 0 radical (unpaired) electrons. The van der Waals surface area contributed by atoms with Gasteiger partial charge < -0.3 is 33.8 Å². The summed E-state index contributed by atoms with van der Waals surface area (Å²) in [6.45, 7) is 4.82. The van der Waals surface area contributed by atoms with Gasteiger partial charge in [-0.15, -0.1) is 0 Å². The van der Waals surface area contributed by atoms with E-state index < -0.39 is 28.0 Å². The Kier molecular flexibility index (Phi) is 9.91. The van der Waals surface area contributed by atoms with Crippen molar-refractivity contribution in [2.24, 2.45) is 29.6 Å². The van der Waals surface area contributed by atoms with E-state index in [2.05, 4.69) is 10.3 Å². The van der Waals surface area contributed by atoms with E-state index >= 15 is 0 Å². The van der Waals surface area contributed by atoms with E-state index in [1.165, 1.54) is 16.4 Å². The Balaban J connectivity index is 1.11. The van der Waals surface area contributed by atoms with E-state index in [1.807, 2.05) is 38.1 Å². The van der Waals surface area contributed by atoms with Gasteiger partial charge in [0.25, 0.3) is 6.01 Å². The molecule has 49 heavy (non-hydrogen) atoms. The number of hydrogen-bond donors (Lipinski definition) is 2. The zero-order valence-corrected chi connectivity index (χ0v) is 29.1. The van der Waals surface area contributed by atoms with Crippen molar-refractivity contribution in [3.63, 3.8) is 0 Å². The van der Waals surface area contributed by atoms with Crippen LogP contribution >= 0.6 is 0 Å². The fraction of sp³-hybridized carbons (Fsp3) is 0.611. The van der Waals surface area contributed by atoms with Crippen LogP contribution in [-0.4, -0.2) is 86.7 Å². The van der Waals surface area contributed by atoms with Gasteiger partial charge in [0.2, 0.25) is 10.0 Å². The first kappa shape index (κ1) is 34.2. The molecular formula is C36H47N3O9S. The minimum atomic E-state index is -4.07. The highest BCUT2D eigenvalue weighted by molar-refractivity contribution is 7.89. The van der Waals surface area contributed by atoms with Crippen LogP contribution in [0.5, 0.6) is 5.75 Å². The van der Waals surface area contributed by atoms with Crippen LogP contribution < -0.4 is 10.1 Å². The normalized spacial score (nSPS) is 26.2. The van der Waals surface area contributed by atoms with Gasteiger partial charge in [0.1, 0.15) is 17.4 Å². The van der Waals surface area contributed by atoms with Crippen LogP contribution in [0.15, 0.2) is 51.8 Å². The van der Waals surface area contributed by atoms with E-state index in [0.29, 0.717) is 48.5 Å². The lowest BCUT2D eigenvalue weighted by atomic mass is 9.74. The number of hydrogen-bond acceptors (Lipinski definition) is 11. The number of aliphatic hydroxyl groups is 1. The zero-order chi connectivity index (χ0) is 34.3. The van der Waals surface area contributed by atoms with Crippen LogP contribution in [0.1, 0.15) is 51.5 Å². The number of nitrogens with zero attached hydrogens (tertiary/aromatic N) is 2. The van der Waals surface area contributed by atoms with Crippen LogP contribution in [-0.2, 0) is 35.4 Å². The predicted octanol–water partition coefficient (Wildman–Crippen LogP) is 4.61. The van der Waals surface area contributed by atoms with Gasteiger partial charge in [0.15, 0.2) is 11.9 Å². The molecule has 1 aromatic heterocycles. The largest absolute Gasteiger partial charge is 0.497 e. The Labute approximate surface area is 287 Å². The summed E-state index contributed by atoms with van der Waals surface area (Å²) in [5, 5.41) is 15.1. The number of carbonyl (C=O) groups excluding carboxylic acids is 1. The quantitative estimate of drug-likeness (QED) is 0.215. The summed E-state index contributed by atoms with van der Waals surface area (Å²) in [5.74, 6) is -0.0255. The Morgan fingerprint density at radius 2 is 1.88 bits per heavy atom. The molecule has 8 rings (SSSR count). The number of methoxy groups -OCH3 is 1. The summed E-state index contributed by atoms with van der Waals surface area (Å²) in [5.41, 5.74) is 1.78. The number of fused-ring (bicyclic) bond motifs is 3. The Hall–Kier alpha value is -3.23. The van der Waals surface area contributed by atoms with Crippen molar-refractivity contribution in [1.82, 2.24) is 9.29 Å². The number of ether oxygens (including phenoxy) is 4. The van der Waals surface area contributed by atoms with Crippen LogP contribution in [0.25, 0.3) is 11.1 Å².